The Morgan fingerprint density at radius 2 is 1.62 bits per heavy atom. The van der Waals surface area contributed by atoms with E-state index in [0.29, 0.717) is 34.7 Å². The van der Waals surface area contributed by atoms with Gasteiger partial charge >= 0.3 is 6.18 Å². The summed E-state index contributed by atoms with van der Waals surface area (Å²) in [4.78, 5) is 0. The molecular formula is C15H17F3N2O2S2. The van der Waals surface area contributed by atoms with Gasteiger partial charge in [0.25, 0.3) is 0 Å². The smallest absolute Gasteiger partial charge is 0.228 e. The lowest BCUT2D eigenvalue weighted by Gasteiger charge is -2.08. The zero-order valence-electron chi connectivity index (χ0n) is 13.2. The van der Waals surface area contributed by atoms with Crippen molar-refractivity contribution in [2.24, 2.45) is 0 Å². The van der Waals surface area contributed by atoms with Crippen LogP contribution in [0.4, 0.5) is 13.2 Å². The lowest BCUT2D eigenvalue weighted by atomic mass is 10.1. The van der Waals surface area contributed by atoms with Crippen molar-refractivity contribution in [3.05, 3.63) is 45.4 Å². The van der Waals surface area contributed by atoms with Crippen LogP contribution in [0.2, 0.25) is 0 Å². The van der Waals surface area contributed by atoms with Crippen LogP contribution < -0.4 is 0 Å². The molecule has 0 amide bonds. The van der Waals surface area contributed by atoms with Crippen LogP contribution >= 0.6 is 11.3 Å². The maximum Gasteiger partial charge on any atom is 0.445 e. The minimum absolute atomic E-state index is 0.0176. The maximum atomic E-state index is 12.5. The van der Waals surface area contributed by atoms with E-state index in [9.17, 15) is 21.6 Å². The highest BCUT2D eigenvalue weighted by molar-refractivity contribution is 7.91. The van der Waals surface area contributed by atoms with Crippen molar-refractivity contribution >= 4 is 21.2 Å². The standard InChI is InChI=1S/C15H17F3N2O2S2/c1-10(2)24(21,22)9-12-5-3-11(4-6-12)7-8-13-19-20-14(23-13)15(16,17)18/h3-6,10H,7-9H2,1-2H3. The van der Waals surface area contributed by atoms with E-state index >= 15 is 0 Å². The van der Waals surface area contributed by atoms with Crippen molar-refractivity contribution in [3.63, 3.8) is 0 Å². The average molecular weight is 378 g/mol. The Balaban J connectivity index is 1.96. The Hall–Kier alpha value is -1.48. The van der Waals surface area contributed by atoms with E-state index < -0.39 is 26.3 Å². The van der Waals surface area contributed by atoms with Crippen molar-refractivity contribution in [2.75, 3.05) is 0 Å². The zero-order chi connectivity index (χ0) is 18.0. The molecule has 0 bridgehead atoms. The summed E-state index contributed by atoms with van der Waals surface area (Å²) >= 11 is 0.547. The van der Waals surface area contributed by atoms with Gasteiger partial charge in [0.15, 0.2) is 9.84 Å². The first-order valence-corrected chi connectivity index (χ1v) is 9.80. The fourth-order valence-corrected chi connectivity index (χ4v) is 3.62. The van der Waals surface area contributed by atoms with Gasteiger partial charge in [-0.1, -0.05) is 35.6 Å². The number of sulfone groups is 1. The largest absolute Gasteiger partial charge is 0.445 e. The summed E-state index contributed by atoms with van der Waals surface area (Å²) in [6, 6.07) is 7.04. The second-order valence-electron chi connectivity index (χ2n) is 5.67. The molecule has 0 aliphatic heterocycles. The molecule has 0 spiro atoms. The van der Waals surface area contributed by atoms with E-state index in [1.54, 1.807) is 38.1 Å². The van der Waals surface area contributed by atoms with Crippen LogP contribution in [-0.2, 0) is 34.6 Å². The molecule has 0 radical (unpaired) electrons. The van der Waals surface area contributed by atoms with E-state index in [0.717, 1.165) is 5.56 Å². The van der Waals surface area contributed by atoms with Gasteiger partial charge in [0.2, 0.25) is 5.01 Å². The number of rotatable bonds is 6. The van der Waals surface area contributed by atoms with Gasteiger partial charge in [0, 0.05) is 6.42 Å². The average Bonchev–Trinajstić information content (AvgIpc) is 2.95. The second-order valence-corrected chi connectivity index (χ2v) is 9.29. The molecule has 0 fully saturated rings. The van der Waals surface area contributed by atoms with Crippen LogP contribution in [0.3, 0.4) is 0 Å². The number of halogens is 3. The summed E-state index contributed by atoms with van der Waals surface area (Å²) < 4.78 is 61.1. The molecule has 132 valence electrons. The van der Waals surface area contributed by atoms with E-state index in [2.05, 4.69) is 10.2 Å². The highest BCUT2D eigenvalue weighted by Crippen LogP contribution is 2.31. The summed E-state index contributed by atoms with van der Waals surface area (Å²) in [5.74, 6) is -0.0176. The molecular weight excluding hydrogens is 361 g/mol. The molecule has 9 heteroatoms. The lowest BCUT2D eigenvalue weighted by molar-refractivity contribution is -0.138. The fourth-order valence-electron chi connectivity index (χ4n) is 1.92. The number of aryl methyl sites for hydroxylation is 2. The molecule has 2 rings (SSSR count). The topological polar surface area (TPSA) is 59.9 Å². The van der Waals surface area contributed by atoms with Gasteiger partial charge in [-0.25, -0.2) is 8.42 Å². The van der Waals surface area contributed by atoms with Crippen LogP contribution in [-0.4, -0.2) is 23.9 Å². The Morgan fingerprint density at radius 1 is 1.04 bits per heavy atom. The summed E-state index contributed by atoms with van der Waals surface area (Å²) in [7, 11) is -3.15. The molecule has 24 heavy (non-hydrogen) atoms. The second kappa shape index (κ2) is 7.18. The summed E-state index contributed by atoms with van der Waals surface area (Å²) in [6.07, 6.45) is -3.58. The molecule has 0 saturated heterocycles. The summed E-state index contributed by atoms with van der Waals surface area (Å²) in [5.41, 5.74) is 1.60. The van der Waals surface area contributed by atoms with Gasteiger partial charge < -0.3 is 0 Å². The third kappa shape index (κ3) is 5.01. The molecule has 0 unspecified atom stereocenters. The van der Waals surface area contributed by atoms with Crippen molar-refractivity contribution in [1.29, 1.82) is 0 Å². The van der Waals surface area contributed by atoms with Gasteiger partial charge in [0.05, 0.1) is 11.0 Å². The molecule has 0 N–H and O–H groups in total. The van der Waals surface area contributed by atoms with E-state index in [-0.39, 0.29) is 5.75 Å². The molecule has 2 aromatic rings. The van der Waals surface area contributed by atoms with Gasteiger partial charge in [-0.05, 0) is 31.4 Å². The van der Waals surface area contributed by atoms with E-state index in [1.165, 1.54) is 0 Å². The molecule has 0 aliphatic carbocycles. The predicted molar refractivity (Wildman–Crippen MR) is 86.5 cm³/mol. The van der Waals surface area contributed by atoms with E-state index in [4.69, 9.17) is 0 Å². The third-order valence-electron chi connectivity index (χ3n) is 3.45. The number of hydrogen-bond donors (Lipinski definition) is 0. The van der Waals surface area contributed by atoms with Crippen molar-refractivity contribution < 1.29 is 21.6 Å². The molecule has 0 saturated carbocycles. The molecule has 0 aliphatic rings. The highest BCUT2D eigenvalue weighted by atomic mass is 32.2. The number of hydrogen-bond acceptors (Lipinski definition) is 5. The highest BCUT2D eigenvalue weighted by Gasteiger charge is 2.35. The van der Waals surface area contributed by atoms with Crippen molar-refractivity contribution in [3.8, 4) is 0 Å². The van der Waals surface area contributed by atoms with Gasteiger partial charge in [-0.15, -0.1) is 10.2 Å². The first kappa shape index (κ1) is 18.9. The van der Waals surface area contributed by atoms with Crippen LogP contribution in [0.25, 0.3) is 0 Å². The Morgan fingerprint density at radius 3 is 2.12 bits per heavy atom. The maximum absolute atomic E-state index is 12.5. The van der Waals surface area contributed by atoms with Crippen molar-refractivity contribution in [2.45, 2.75) is 43.9 Å². The van der Waals surface area contributed by atoms with Crippen LogP contribution in [0.5, 0.6) is 0 Å². The van der Waals surface area contributed by atoms with Gasteiger partial charge in [-0.3, -0.25) is 0 Å². The first-order chi connectivity index (χ1) is 11.1. The Bertz CT molecular complexity index is 782. The first-order valence-electron chi connectivity index (χ1n) is 7.27. The van der Waals surface area contributed by atoms with Crippen LogP contribution in [0, 0.1) is 0 Å². The summed E-state index contributed by atoms with van der Waals surface area (Å²) in [6.45, 7) is 3.28. The lowest BCUT2D eigenvalue weighted by Crippen LogP contribution is -2.15. The number of alkyl halides is 3. The molecule has 1 aromatic carbocycles. The van der Waals surface area contributed by atoms with E-state index in [1.807, 2.05) is 0 Å². The minimum Gasteiger partial charge on any atom is -0.228 e. The summed E-state index contributed by atoms with van der Waals surface area (Å²) in [5, 5.41) is 5.66. The van der Waals surface area contributed by atoms with Crippen molar-refractivity contribution in [1.82, 2.24) is 10.2 Å². The Kier molecular flexibility index (Phi) is 5.64. The molecule has 1 aromatic heterocycles. The van der Waals surface area contributed by atoms with Gasteiger partial charge in [-0.2, -0.15) is 13.2 Å². The number of aromatic nitrogens is 2. The zero-order valence-corrected chi connectivity index (χ0v) is 14.8. The molecule has 4 nitrogen and oxygen atoms in total. The number of nitrogens with zero attached hydrogens (tertiary/aromatic N) is 2. The van der Waals surface area contributed by atoms with Gasteiger partial charge in [0.1, 0.15) is 5.01 Å². The third-order valence-corrected chi connectivity index (χ3v) is 6.65. The molecule has 1 heterocycles. The van der Waals surface area contributed by atoms with Crippen LogP contribution in [0.1, 0.15) is 35.0 Å². The predicted octanol–water partition coefficient (Wildman–Crippen LogP) is 3.67. The van der Waals surface area contributed by atoms with Crippen LogP contribution in [0.15, 0.2) is 24.3 Å². The minimum atomic E-state index is -4.46. The number of benzene rings is 1. The SMILES string of the molecule is CC(C)S(=O)(=O)Cc1ccc(CCc2nnc(C(F)(F)F)s2)cc1. The fraction of sp³-hybridized carbons (Fsp3) is 0.467. The molecule has 0 atom stereocenters. The normalized spacial score (nSPS) is 12.8. The quantitative estimate of drug-likeness (QED) is 0.770. The monoisotopic (exact) mass is 378 g/mol. The Labute approximate surface area is 142 Å².